The molecule has 0 saturated heterocycles. The second kappa shape index (κ2) is 6.65. The lowest BCUT2D eigenvalue weighted by Gasteiger charge is -2.14. The average Bonchev–Trinajstić information content (AvgIpc) is 2.48. The first kappa shape index (κ1) is 15.4. The third-order valence-electron chi connectivity index (χ3n) is 3.19. The molecule has 1 N–H and O–H groups in total. The SMILES string of the molecule is CC(NCc1cc(Cl)ccc1F)c1cccc([N+](=O)[O-])c1. The Morgan fingerprint density at radius 1 is 1.33 bits per heavy atom. The van der Waals surface area contributed by atoms with E-state index in [1.54, 1.807) is 18.2 Å². The standard InChI is InChI=1S/C15H14ClFN2O2/c1-10(11-3-2-4-14(8-11)19(20)21)18-9-12-7-13(16)5-6-15(12)17/h2-8,10,18H,9H2,1H3. The normalized spacial score (nSPS) is 12.1. The largest absolute Gasteiger partial charge is 0.306 e. The smallest absolute Gasteiger partial charge is 0.269 e. The maximum absolute atomic E-state index is 13.6. The summed E-state index contributed by atoms with van der Waals surface area (Å²) in [4.78, 5) is 10.3. The number of halogens is 2. The highest BCUT2D eigenvalue weighted by Crippen LogP contribution is 2.20. The zero-order chi connectivity index (χ0) is 15.4. The first-order valence-electron chi connectivity index (χ1n) is 6.39. The van der Waals surface area contributed by atoms with Crippen molar-refractivity contribution in [3.8, 4) is 0 Å². The van der Waals surface area contributed by atoms with Gasteiger partial charge in [-0.15, -0.1) is 0 Å². The highest BCUT2D eigenvalue weighted by Gasteiger charge is 2.11. The maximum atomic E-state index is 13.6. The van der Waals surface area contributed by atoms with Crippen LogP contribution in [0.4, 0.5) is 10.1 Å². The summed E-state index contributed by atoms with van der Waals surface area (Å²) in [6.07, 6.45) is 0. The summed E-state index contributed by atoms with van der Waals surface area (Å²) in [7, 11) is 0. The van der Waals surface area contributed by atoms with Crippen LogP contribution >= 0.6 is 11.6 Å². The average molecular weight is 309 g/mol. The molecule has 0 spiro atoms. The third-order valence-corrected chi connectivity index (χ3v) is 3.42. The second-order valence-electron chi connectivity index (χ2n) is 4.69. The number of non-ortho nitro benzene ring substituents is 1. The van der Waals surface area contributed by atoms with Gasteiger partial charge in [-0.2, -0.15) is 0 Å². The van der Waals surface area contributed by atoms with Gasteiger partial charge in [0.25, 0.3) is 5.69 Å². The molecule has 0 radical (unpaired) electrons. The van der Waals surface area contributed by atoms with Gasteiger partial charge in [0, 0.05) is 35.3 Å². The van der Waals surface area contributed by atoms with E-state index in [2.05, 4.69) is 5.32 Å². The molecule has 0 fully saturated rings. The van der Waals surface area contributed by atoms with E-state index in [0.29, 0.717) is 10.6 Å². The van der Waals surface area contributed by atoms with Crippen molar-refractivity contribution in [3.63, 3.8) is 0 Å². The van der Waals surface area contributed by atoms with E-state index in [9.17, 15) is 14.5 Å². The van der Waals surface area contributed by atoms with Crippen LogP contribution in [0.3, 0.4) is 0 Å². The maximum Gasteiger partial charge on any atom is 0.269 e. The minimum absolute atomic E-state index is 0.0371. The number of hydrogen-bond donors (Lipinski definition) is 1. The van der Waals surface area contributed by atoms with Crippen molar-refractivity contribution in [3.05, 3.63) is 74.5 Å². The van der Waals surface area contributed by atoms with Crippen molar-refractivity contribution in [1.82, 2.24) is 5.32 Å². The lowest BCUT2D eigenvalue weighted by atomic mass is 10.1. The minimum atomic E-state index is -0.438. The van der Waals surface area contributed by atoms with E-state index in [-0.39, 0.29) is 24.1 Å². The van der Waals surface area contributed by atoms with Crippen LogP contribution in [0.25, 0.3) is 0 Å². The Bertz CT molecular complexity index is 664. The molecule has 0 aliphatic heterocycles. The summed E-state index contributed by atoms with van der Waals surface area (Å²) in [6, 6.07) is 10.6. The third kappa shape index (κ3) is 4.00. The molecule has 0 aromatic heterocycles. The van der Waals surface area contributed by atoms with Crippen molar-refractivity contribution < 1.29 is 9.31 Å². The van der Waals surface area contributed by atoms with Crippen molar-refractivity contribution in [2.45, 2.75) is 19.5 Å². The van der Waals surface area contributed by atoms with E-state index in [0.717, 1.165) is 5.56 Å². The topological polar surface area (TPSA) is 55.2 Å². The zero-order valence-corrected chi connectivity index (χ0v) is 12.1. The molecule has 2 rings (SSSR count). The molecule has 0 aliphatic carbocycles. The number of hydrogen-bond acceptors (Lipinski definition) is 3. The number of rotatable bonds is 5. The first-order valence-corrected chi connectivity index (χ1v) is 6.77. The van der Waals surface area contributed by atoms with Crippen LogP contribution in [0, 0.1) is 15.9 Å². The van der Waals surface area contributed by atoms with Crippen LogP contribution in [0.2, 0.25) is 5.02 Å². The van der Waals surface area contributed by atoms with Gasteiger partial charge in [0.1, 0.15) is 5.82 Å². The molecule has 0 saturated carbocycles. The van der Waals surface area contributed by atoms with E-state index >= 15 is 0 Å². The summed E-state index contributed by atoms with van der Waals surface area (Å²) in [5, 5.41) is 14.4. The minimum Gasteiger partial charge on any atom is -0.306 e. The van der Waals surface area contributed by atoms with Crippen LogP contribution in [-0.2, 0) is 6.54 Å². The number of nitro benzene ring substituents is 1. The molecule has 0 heterocycles. The second-order valence-corrected chi connectivity index (χ2v) is 5.13. The Labute approximate surface area is 126 Å². The summed E-state index contributed by atoms with van der Waals surface area (Å²) in [6.45, 7) is 2.15. The van der Waals surface area contributed by atoms with Gasteiger partial charge >= 0.3 is 0 Å². The molecule has 21 heavy (non-hydrogen) atoms. The van der Waals surface area contributed by atoms with Crippen molar-refractivity contribution >= 4 is 17.3 Å². The van der Waals surface area contributed by atoms with Crippen molar-refractivity contribution in [2.75, 3.05) is 0 Å². The molecule has 1 unspecified atom stereocenters. The molecule has 0 amide bonds. The monoisotopic (exact) mass is 308 g/mol. The molecule has 1 atom stereocenters. The van der Waals surface area contributed by atoms with E-state index in [4.69, 9.17) is 11.6 Å². The molecule has 4 nitrogen and oxygen atoms in total. The molecule has 2 aromatic carbocycles. The fourth-order valence-corrected chi connectivity index (χ4v) is 2.16. The molecule has 110 valence electrons. The van der Waals surface area contributed by atoms with Gasteiger partial charge in [-0.25, -0.2) is 4.39 Å². The highest BCUT2D eigenvalue weighted by molar-refractivity contribution is 6.30. The van der Waals surface area contributed by atoms with Gasteiger partial charge in [-0.3, -0.25) is 10.1 Å². The number of nitrogens with one attached hydrogen (secondary N) is 1. The number of nitro groups is 1. The van der Waals surface area contributed by atoms with Gasteiger partial charge in [0.05, 0.1) is 4.92 Å². The van der Waals surface area contributed by atoms with Crippen LogP contribution < -0.4 is 5.32 Å². The number of benzene rings is 2. The summed E-state index contributed by atoms with van der Waals surface area (Å²) in [5.74, 6) is -0.335. The van der Waals surface area contributed by atoms with Crippen LogP contribution in [0.1, 0.15) is 24.1 Å². The van der Waals surface area contributed by atoms with Gasteiger partial charge < -0.3 is 5.32 Å². The van der Waals surface area contributed by atoms with Gasteiger partial charge in [-0.1, -0.05) is 23.7 Å². The zero-order valence-electron chi connectivity index (χ0n) is 11.3. The number of nitrogens with zero attached hydrogens (tertiary/aromatic N) is 1. The summed E-state index contributed by atoms with van der Waals surface area (Å²) in [5.41, 5.74) is 1.27. The van der Waals surface area contributed by atoms with Gasteiger partial charge in [0.15, 0.2) is 0 Å². The molecule has 0 bridgehead atoms. The Hall–Kier alpha value is -1.98. The summed E-state index contributed by atoms with van der Waals surface area (Å²) < 4.78 is 13.6. The molecule has 6 heteroatoms. The van der Waals surface area contributed by atoms with Crippen molar-refractivity contribution in [2.24, 2.45) is 0 Å². The fourth-order valence-electron chi connectivity index (χ4n) is 1.97. The Morgan fingerprint density at radius 2 is 2.10 bits per heavy atom. The Kier molecular flexibility index (Phi) is 4.88. The lowest BCUT2D eigenvalue weighted by molar-refractivity contribution is -0.384. The molecule has 0 aliphatic rings. The lowest BCUT2D eigenvalue weighted by Crippen LogP contribution is -2.18. The molecule has 2 aromatic rings. The quantitative estimate of drug-likeness (QED) is 0.664. The van der Waals surface area contributed by atoms with E-state index in [1.165, 1.54) is 24.3 Å². The first-order chi connectivity index (χ1) is 9.97. The molecular weight excluding hydrogens is 295 g/mol. The van der Waals surface area contributed by atoms with Crippen LogP contribution in [-0.4, -0.2) is 4.92 Å². The van der Waals surface area contributed by atoms with Crippen LogP contribution in [0.15, 0.2) is 42.5 Å². The van der Waals surface area contributed by atoms with Crippen LogP contribution in [0.5, 0.6) is 0 Å². The fraction of sp³-hybridized carbons (Fsp3) is 0.200. The Balaban J connectivity index is 2.08. The van der Waals surface area contributed by atoms with E-state index < -0.39 is 4.92 Å². The Morgan fingerprint density at radius 3 is 2.81 bits per heavy atom. The van der Waals surface area contributed by atoms with Gasteiger partial charge in [0.2, 0.25) is 0 Å². The predicted octanol–water partition coefficient (Wildman–Crippen LogP) is 4.24. The highest BCUT2D eigenvalue weighted by atomic mass is 35.5. The molecular formula is C15H14ClFN2O2. The van der Waals surface area contributed by atoms with Gasteiger partial charge in [-0.05, 0) is 30.7 Å². The summed E-state index contributed by atoms with van der Waals surface area (Å²) >= 11 is 5.84. The van der Waals surface area contributed by atoms with E-state index in [1.807, 2.05) is 6.92 Å². The predicted molar refractivity (Wildman–Crippen MR) is 79.8 cm³/mol. The van der Waals surface area contributed by atoms with Crippen molar-refractivity contribution in [1.29, 1.82) is 0 Å².